The first-order chi connectivity index (χ1) is 16.0. The highest BCUT2D eigenvalue weighted by molar-refractivity contribution is 7.80. The van der Waals surface area contributed by atoms with Crippen LogP contribution in [0.15, 0.2) is 29.4 Å². The predicted molar refractivity (Wildman–Crippen MR) is 129 cm³/mol. The van der Waals surface area contributed by atoms with E-state index in [4.69, 9.17) is 38.1 Å². The molecule has 0 atom stereocenters. The van der Waals surface area contributed by atoms with Crippen LogP contribution in [0.5, 0.6) is 0 Å². The van der Waals surface area contributed by atoms with Gasteiger partial charge in [0.05, 0.1) is 19.6 Å². The smallest absolute Gasteiger partial charge is 0.392 e. The number of alkyl carbamates (subject to hydrolysis) is 1. The van der Waals surface area contributed by atoms with Crippen molar-refractivity contribution in [3.05, 3.63) is 34.9 Å². The summed E-state index contributed by atoms with van der Waals surface area (Å²) in [4.78, 5) is 22.4. The van der Waals surface area contributed by atoms with Crippen molar-refractivity contribution in [3.63, 3.8) is 0 Å². The summed E-state index contributed by atoms with van der Waals surface area (Å²) in [6.07, 6.45) is 1.46. The van der Waals surface area contributed by atoms with Gasteiger partial charge in [-0.3, -0.25) is 4.90 Å². The molecule has 0 bridgehead atoms. The first-order valence-electron chi connectivity index (χ1n) is 11.3. The molecule has 33 heavy (non-hydrogen) atoms. The third-order valence-electron chi connectivity index (χ3n) is 6.14. The average molecular weight is 496 g/mol. The van der Waals surface area contributed by atoms with Gasteiger partial charge in [0.25, 0.3) is 0 Å². The van der Waals surface area contributed by atoms with Crippen molar-refractivity contribution in [2.45, 2.75) is 31.4 Å². The van der Waals surface area contributed by atoms with Crippen molar-refractivity contribution in [2.75, 3.05) is 52.5 Å². The van der Waals surface area contributed by atoms with Crippen LogP contribution in [0.3, 0.4) is 0 Å². The van der Waals surface area contributed by atoms with E-state index in [1.165, 1.54) is 0 Å². The Morgan fingerprint density at radius 3 is 2.61 bits per heavy atom. The van der Waals surface area contributed by atoms with Gasteiger partial charge in [-0.2, -0.15) is 0 Å². The van der Waals surface area contributed by atoms with E-state index < -0.39 is 11.7 Å². The molecule has 1 aromatic rings. The highest BCUT2D eigenvalue weighted by Crippen LogP contribution is 2.34. The van der Waals surface area contributed by atoms with Gasteiger partial charge >= 0.3 is 6.09 Å². The summed E-state index contributed by atoms with van der Waals surface area (Å²) in [6.45, 7) is 7.22. The average Bonchev–Trinajstić information content (AvgIpc) is 3.21. The highest BCUT2D eigenvalue weighted by atomic mass is 35.5. The van der Waals surface area contributed by atoms with Crippen LogP contribution in [0.4, 0.5) is 4.79 Å². The molecule has 11 heteroatoms. The molecule has 9 nitrogen and oxygen atoms in total. The first kappa shape index (κ1) is 24.0. The normalized spacial score (nSPS) is 20.2. The number of ether oxygens (including phenoxy) is 2. The second kappa shape index (κ2) is 11.3. The van der Waals surface area contributed by atoms with Crippen LogP contribution >= 0.6 is 23.8 Å². The molecule has 0 aromatic heterocycles. The Kier molecular flexibility index (Phi) is 8.24. The minimum Gasteiger partial charge on any atom is -0.392 e. The molecular weight excluding hydrogens is 466 g/mol. The molecule has 1 aromatic carbocycles. The second-order valence-electron chi connectivity index (χ2n) is 8.48. The minimum absolute atomic E-state index is 0.309. The van der Waals surface area contributed by atoms with E-state index in [1.807, 2.05) is 12.1 Å². The Balaban J connectivity index is 1.13. The Bertz CT molecular complexity index is 855. The number of halogens is 1. The third-order valence-corrected chi connectivity index (χ3v) is 6.80. The molecule has 2 saturated heterocycles. The molecule has 0 radical (unpaired) electrons. The molecular formula is C22H30ClN5O4S. The number of thiocarbonyl (C=S) groups is 1. The lowest BCUT2D eigenvalue weighted by atomic mass is 9.88. The number of benzene rings is 1. The zero-order chi connectivity index (χ0) is 23.1. The van der Waals surface area contributed by atoms with Crippen molar-refractivity contribution >= 4 is 40.9 Å². The molecule has 3 heterocycles. The lowest BCUT2D eigenvalue weighted by molar-refractivity contribution is -0.0524. The molecule has 1 amide bonds. The van der Waals surface area contributed by atoms with E-state index in [2.05, 4.69) is 25.6 Å². The Morgan fingerprint density at radius 1 is 1.15 bits per heavy atom. The van der Waals surface area contributed by atoms with Gasteiger partial charge in [-0.25, -0.2) is 4.79 Å². The van der Waals surface area contributed by atoms with Crippen molar-refractivity contribution in [1.29, 1.82) is 0 Å². The summed E-state index contributed by atoms with van der Waals surface area (Å²) >= 11 is 11.5. The molecule has 3 aliphatic heterocycles. The zero-order valence-corrected chi connectivity index (χ0v) is 20.1. The van der Waals surface area contributed by atoms with E-state index >= 15 is 0 Å². The third kappa shape index (κ3) is 6.92. The number of hydrogen-bond donors (Lipinski definition) is 2. The maximum absolute atomic E-state index is 12.1. The number of oxime groups is 1. The fourth-order valence-corrected chi connectivity index (χ4v) is 4.52. The standard InChI is InChI=1S/C22H30ClN5O4S/c23-18-3-1-17(2-4-18)16-25-21(29)31-19-15-22(32-26-19)5-8-28(9-6-22)20(33)24-7-10-27-11-13-30-14-12-27/h1-4H,5-16H2,(H,24,33)(H,25,29). The highest BCUT2D eigenvalue weighted by Gasteiger charge is 2.43. The number of carbonyl (C=O) groups excluding carboxylic acids is 1. The Hall–Kier alpha value is -2.14. The molecule has 0 aliphatic carbocycles. The zero-order valence-electron chi connectivity index (χ0n) is 18.6. The van der Waals surface area contributed by atoms with E-state index in [0.29, 0.717) is 23.9 Å². The number of carbonyl (C=O) groups is 1. The molecule has 2 N–H and O–H groups in total. The van der Waals surface area contributed by atoms with Gasteiger partial charge in [-0.05, 0) is 29.9 Å². The van der Waals surface area contributed by atoms with E-state index in [9.17, 15) is 4.79 Å². The van der Waals surface area contributed by atoms with E-state index in [-0.39, 0.29) is 0 Å². The number of morpholine rings is 1. The van der Waals surface area contributed by atoms with Gasteiger partial charge < -0.3 is 29.8 Å². The number of amides is 1. The summed E-state index contributed by atoms with van der Waals surface area (Å²) in [5, 5.41) is 11.5. The minimum atomic E-state index is -0.549. The van der Waals surface area contributed by atoms with Crippen LogP contribution in [-0.2, 0) is 20.9 Å². The van der Waals surface area contributed by atoms with Crippen LogP contribution in [0, 0.1) is 0 Å². The number of hydrogen-bond acceptors (Lipinski definition) is 7. The first-order valence-corrected chi connectivity index (χ1v) is 12.1. The summed E-state index contributed by atoms with van der Waals surface area (Å²) < 4.78 is 10.7. The lowest BCUT2D eigenvalue weighted by Gasteiger charge is -2.38. The number of nitrogens with one attached hydrogen (secondary N) is 2. The van der Waals surface area contributed by atoms with Crippen LogP contribution in [0.1, 0.15) is 24.8 Å². The fraction of sp³-hybridized carbons (Fsp3) is 0.591. The van der Waals surface area contributed by atoms with Crippen LogP contribution in [0.25, 0.3) is 0 Å². The summed E-state index contributed by atoms with van der Waals surface area (Å²) in [5.74, 6) is 0.309. The molecule has 4 rings (SSSR count). The van der Waals surface area contributed by atoms with E-state index in [0.717, 1.165) is 76.0 Å². The van der Waals surface area contributed by atoms with Gasteiger partial charge in [0.1, 0.15) is 5.60 Å². The van der Waals surface area contributed by atoms with Crippen molar-refractivity contribution < 1.29 is 19.1 Å². The van der Waals surface area contributed by atoms with Gasteiger partial charge in [0, 0.05) is 63.7 Å². The Labute approximate surface area is 204 Å². The van der Waals surface area contributed by atoms with Crippen molar-refractivity contribution in [3.8, 4) is 0 Å². The second-order valence-corrected chi connectivity index (χ2v) is 9.30. The van der Waals surface area contributed by atoms with E-state index in [1.54, 1.807) is 12.1 Å². The van der Waals surface area contributed by atoms with Crippen molar-refractivity contribution in [2.24, 2.45) is 5.16 Å². The molecule has 1 spiro atoms. The summed E-state index contributed by atoms with van der Waals surface area (Å²) in [6, 6.07) is 7.26. The number of nitrogens with zero attached hydrogens (tertiary/aromatic N) is 3. The fourth-order valence-electron chi connectivity index (χ4n) is 4.11. The largest absolute Gasteiger partial charge is 0.414 e. The van der Waals surface area contributed by atoms with Gasteiger partial charge in [0.2, 0.25) is 5.90 Å². The SMILES string of the molecule is O=C(NCc1ccc(Cl)cc1)OC1=NOC2(CCN(C(=S)NCCN3CCOCC3)CC2)C1. The predicted octanol–water partition coefficient (Wildman–Crippen LogP) is 2.34. The maximum Gasteiger partial charge on any atom is 0.414 e. The molecule has 0 saturated carbocycles. The molecule has 180 valence electrons. The topological polar surface area (TPSA) is 87.7 Å². The molecule has 3 aliphatic rings. The monoisotopic (exact) mass is 495 g/mol. The maximum atomic E-state index is 12.1. The molecule has 2 fully saturated rings. The molecule has 0 unspecified atom stereocenters. The lowest BCUT2D eigenvalue weighted by Crippen LogP contribution is -2.51. The van der Waals surface area contributed by atoms with Gasteiger partial charge in [-0.15, -0.1) is 0 Å². The van der Waals surface area contributed by atoms with Crippen molar-refractivity contribution in [1.82, 2.24) is 20.4 Å². The number of likely N-dealkylation sites (tertiary alicyclic amines) is 1. The van der Waals surface area contributed by atoms with Crippen LogP contribution < -0.4 is 10.6 Å². The number of piperidine rings is 1. The number of rotatable bonds is 5. The van der Waals surface area contributed by atoms with Crippen LogP contribution in [0.2, 0.25) is 5.02 Å². The van der Waals surface area contributed by atoms with Gasteiger partial charge in [-0.1, -0.05) is 28.9 Å². The quantitative estimate of drug-likeness (QED) is 0.602. The summed E-state index contributed by atoms with van der Waals surface area (Å²) in [7, 11) is 0. The van der Waals surface area contributed by atoms with Gasteiger partial charge in [0.15, 0.2) is 5.11 Å². The summed E-state index contributed by atoms with van der Waals surface area (Å²) in [5.41, 5.74) is 0.505. The Morgan fingerprint density at radius 2 is 1.88 bits per heavy atom. The van der Waals surface area contributed by atoms with Crippen LogP contribution in [-0.4, -0.2) is 85.0 Å².